The Morgan fingerprint density at radius 2 is 1.90 bits per heavy atom. The average Bonchev–Trinajstić information content (AvgIpc) is 3.18. The lowest BCUT2D eigenvalue weighted by Gasteiger charge is -2.40. The van der Waals surface area contributed by atoms with E-state index in [1.54, 1.807) is 12.1 Å². The summed E-state index contributed by atoms with van der Waals surface area (Å²) < 4.78 is 24.4. The maximum absolute atomic E-state index is 13.5. The highest BCUT2D eigenvalue weighted by Crippen LogP contribution is 2.39. The molecule has 0 amide bonds. The first-order valence-corrected chi connectivity index (χ1v) is 10.2. The third-order valence-electron chi connectivity index (χ3n) is 6.52. The van der Waals surface area contributed by atoms with Gasteiger partial charge in [0.1, 0.15) is 5.82 Å². The van der Waals surface area contributed by atoms with Crippen molar-refractivity contribution in [2.24, 2.45) is 5.92 Å². The minimum atomic E-state index is -1.00. The van der Waals surface area contributed by atoms with Gasteiger partial charge in [-0.3, -0.25) is 4.79 Å². The van der Waals surface area contributed by atoms with Crippen LogP contribution in [-0.4, -0.2) is 42.2 Å². The summed E-state index contributed by atoms with van der Waals surface area (Å²) in [5.41, 5.74) is 1.42. The number of halogens is 1. The van der Waals surface area contributed by atoms with Crippen LogP contribution in [0, 0.1) is 11.7 Å². The number of fused-ring (bicyclic) bond motifs is 2. The standard InChI is InChI=1S/C23H24FNO4/c24-18-3-1-2-17(11-18)23(27)6-8-25(9-7-23)13-16-5-4-15-10-20-21(29-14-28-20)12-19(15)22(16)26/h1-3,10-12,16,27H,4-9,13-14H2. The number of ether oxygens (including phenoxy) is 2. The van der Waals surface area contributed by atoms with Crippen molar-refractivity contribution >= 4 is 5.78 Å². The minimum absolute atomic E-state index is 0.0526. The van der Waals surface area contributed by atoms with E-state index >= 15 is 0 Å². The van der Waals surface area contributed by atoms with Gasteiger partial charge in [-0.25, -0.2) is 4.39 Å². The van der Waals surface area contributed by atoms with Gasteiger partial charge in [0.15, 0.2) is 17.3 Å². The zero-order chi connectivity index (χ0) is 20.0. The zero-order valence-corrected chi connectivity index (χ0v) is 16.2. The molecule has 0 bridgehead atoms. The molecule has 0 saturated carbocycles. The van der Waals surface area contributed by atoms with Crippen molar-refractivity contribution < 1.29 is 23.8 Å². The molecule has 2 aliphatic heterocycles. The maximum atomic E-state index is 13.5. The zero-order valence-electron chi connectivity index (χ0n) is 16.2. The van der Waals surface area contributed by atoms with E-state index in [4.69, 9.17) is 9.47 Å². The molecule has 5 nitrogen and oxygen atoms in total. The summed E-state index contributed by atoms with van der Waals surface area (Å²) in [5, 5.41) is 11.0. The van der Waals surface area contributed by atoms with Crippen molar-refractivity contribution in [1.29, 1.82) is 0 Å². The fourth-order valence-corrected chi connectivity index (χ4v) is 4.76. The van der Waals surface area contributed by atoms with Crippen LogP contribution in [0.25, 0.3) is 0 Å². The summed E-state index contributed by atoms with van der Waals surface area (Å²) in [6, 6.07) is 9.99. The van der Waals surface area contributed by atoms with Gasteiger partial charge in [0.25, 0.3) is 0 Å². The highest BCUT2D eigenvalue weighted by atomic mass is 19.1. The number of benzene rings is 2. The van der Waals surface area contributed by atoms with Crippen LogP contribution in [0.4, 0.5) is 4.39 Å². The molecule has 0 spiro atoms. The number of nitrogens with zero attached hydrogens (tertiary/aromatic N) is 1. The average molecular weight is 397 g/mol. The molecule has 1 aliphatic carbocycles. The summed E-state index contributed by atoms with van der Waals surface area (Å²) >= 11 is 0. The first-order chi connectivity index (χ1) is 14.0. The van der Waals surface area contributed by atoms with Crippen LogP contribution in [0.5, 0.6) is 11.5 Å². The smallest absolute Gasteiger partial charge is 0.231 e. The molecule has 1 saturated heterocycles. The van der Waals surface area contributed by atoms with Gasteiger partial charge in [0.2, 0.25) is 6.79 Å². The number of aryl methyl sites for hydroxylation is 1. The van der Waals surface area contributed by atoms with Gasteiger partial charge in [-0.2, -0.15) is 0 Å². The van der Waals surface area contributed by atoms with Crippen molar-refractivity contribution in [3.8, 4) is 11.5 Å². The molecule has 152 valence electrons. The number of aliphatic hydroxyl groups is 1. The molecule has 2 heterocycles. The molecule has 0 radical (unpaired) electrons. The largest absolute Gasteiger partial charge is 0.454 e. The number of likely N-dealkylation sites (tertiary alicyclic amines) is 1. The number of hydrogen-bond acceptors (Lipinski definition) is 5. The third kappa shape index (κ3) is 3.40. The maximum Gasteiger partial charge on any atom is 0.231 e. The molecule has 1 fully saturated rings. The molecule has 0 aromatic heterocycles. The van der Waals surface area contributed by atoms with Gasteiger partial charge in [-0.05, 0) is 61.1 Å². The summed E-state index contributed by atoms with van der Waals surface area (Å²) in [4.78, 5) is 15.3. The van der Waals surface area contributed by atoms with Crippen molar-refractivity contribution in [1.82, 2.24) is 4.90 Å². The minimum Gasteiger partial charge on any atom is -0.454 e. The second-order valence-electron chi connectivity index (χ2n) is 8.31. The van der Waals surface area contributed by atoms with Crippen LogP contribution >= 0.6 is 0 Å². The van der Waals surface area contributed by atoms with Gasteiger partial charge < -0.3 is 19.5 Å². The van der Waals surface area contributed by atoms with Gasteiger partial charge in [-0.1, -0.05) is 12.1 Å². The molecule has 1 unspecified atom stereocenters. The van der Waals surface area contributed by atoms with Crippen LogP contribution in [0.3, 0.4) is 0 Å². The normalized spacial score (nSPS) is 23.1. The lowest BCUT2D eigenvalue weighted by atomic mass is 9.80. The first kappa shape index (κ1) is 18.6. The number of carbonyl (C=O) groups excluding carboxylic acids is 1. The summed E-state index contributed by atoms with van der Waals surface area (Å²) in [6.07, 6.45) is 2.73. The van der Waals surface area contributed by atoms with E-state index in [0.29, 0.717) is 43.8 Å². The lowest BCUT2D eigenvalue weighted by Crippen LogP contribution is -2.45. The van der Waals surface area contributed by atoms with Gasteiger partial charge in [-0.15, -0.1) is 0 Å². The van der Waals surface area contributed by atoms with E-state index in [1.165, 1.54) is 12.1 Å². The van der Waals surface area contributed by atoms with E-state index in [-0.39, 0.29) is 24.3 Å². The molecule has 2 aromatic carbocycles. The van der Waals surface area contributed by atoms with E-state index < -0.39 is 5.60 Å². The van der Waals surface area contributed by atoms with Crippen LogP contribution in [-0.2, 0) is 12.0 Å². The summed E-state index contributed by atoms with van der Waals surface area (Å²) in [6.45, 7) is 2.26. The number of carbonyl (C=O) groups is 1. The van der Waals surface area contributed by atoms with E-state index in [0.717, 1.165) is 29.7 Å². The Bertz CT molecular complexity index is 952. The molecule has 5 rings (SSSR count). The fourth-order valence-electron chi connectivity index (χ4n) is 4.76. The van der Waals surface area contributed by atoms with Crippen molar-refractivity contribution in [3.63, 3.8) is 0 Å². The highest BCUT2D eigenvalue weighted by Gasteiger charge is 2.37. The van der Waals surface area contributed by atoms with Crippen LogP contribution in [0.1, 0.15) is 40.7 Å². The molecule has 1 atom stereocenters. The molecule has 2 aromatic rings. The van der Waals surface area contributed by atoms with Crippen molar-refractivity contribution in [3.05, 3.63) is 58.9 Å². The number of piperidine rings is 1. The van der Waals surface area contributed by atoms with E-state index in [9.17, 15) is 14.3 Å². The van der Waals surface area contributed by atoms with Crippen molar-refractivity contribution in [2.75, 3.05) is 26.4 Å². The van der Waals surface area contributed by atoms with Gasteiger partial charge in [0.05, 0.1) is 5.60 Å². The quantitative estimate of drug-likeness (QED) is 0.861. The van der Waals surface area contributed by atoms with Crippen molar-refractivity contribution in [2.45, 2.75) is 31.3 Å². The predicted octanol–water partition coefficient (Wildman–Crippen LogP) is 3.28. The fraction of sp³-hybridized carbons (Fsp3) is 0.435. The Labute approximate surface area is 169 Å². The highest BCUT2D eigenvalue weighted by molar-refractivity contribution is 6.01. The topological polar surface area (TPSA) is 59.0 Å². The molecule has 1 N–H and O–H groups in total. The third-order valence-corrected chi connectivity index (χ3v) is 6.52. The summed E-state index contributed by atoms with van der Waals surface area (Å²) in [5.74, 6) is 1.16. The molecule has 3 aliphatic rings. The SMILES string of the molecule is O=C1c2cc3c(cc2CCC1CN1CCC(O)(c2cccc(F)c2)CC1)OCO3. The molecular formula is C23H24FNO4. The number of hydrogen-bond donors (Lipinski definition) is 1. The summed E-state index contributed by atoms with van der Waals surface area (Å²) in [7, 11) is 0. The molecular weight excluding hydrogens is 373 g/mol. The predicted molar refractivity (Wildman–Crippen MR) is 105 cm³/mol. The van der Waals surface area contributed by atoms with Gasteiger partial charge in [0, 0.05) is 31.1 Å². The Balaban J connectivity index is 1.25. The second-order valence-corrected chi connectivity index (χ2v) is 8.31. The Kier molecular flexibility index (Phi) is 4.56. The van der Waals surface area contributed by atoms with Crippen LogP contribution < -0.4 is 9.47 Å². The van der Waals surface area contributed by atoms with E-state index in [2.05, 4.69) is 4.90 Å². The first-order valence-electron chi connectivity index (χ1n) is 10.2. The molecule has 6 heteroatoms. The molecule has 29 heavy (non-hydrogen) atoms. The van der Waals surface area contributed by atoms with Crippen LogP contribution in [0.15, 0.2) is 36.4 Å². The van der Waals surface area contributed by atoms with E-state index in [1.807, 2.05) is 12.1 Å². The second kappa shape index (κ2) is 7.11. The Morgan fingerprint density at radius 3 is 2.66 bits per heavy atom. The van der Waals surface area contributed by atoms with Gasteiger partial charge >= 0.3 is 0 Å². The monoisotopic (exact) mass is 397 g/mol. The Hall–Kier alpha value is -2.44. The van der Waals surface area contributed by atoms with Crippen LogP contribution in [0.2, 0.25) is 0 Å². The number of Topliss-reactive ketones (excluding diaryl/α,β-unsaturated/α-hetero) is 1. The Morgan fingerprint density at radius 1 is 1.14 bits per heavy atom. The number of rotatable bonds is 3. The number of ketones is 1. The lowest BCUT2D eigenvalue weighted by molar-refractivity contribution is -0.0285.